The van der Waals surface area contributed by atoms with E-state index in [4.69, 9.17) is 14.2 Å². The van der Waals surface area contributed by atoms with E-state index < -0.39 is 36.0 Å². The highest BCUT2D eigenvalue weighted by Crippen LogP contribution is 2.37. The molecule has 0 aromatic rings. The Morgan fingerprint density at radius 3 is 2.52 bits per heavy atom. The molecule has 0 spiro atoms. The number of aliphatic hydroxyl groups is 3. The Bertz CT molecular complexity index is 1190. The quantitative estimate of drug-likeness (QED) is 0.103. The van der Waals surface area contributed by atoms with E-state index in [1.807, 2.05) is 39.8 Å². The van der Waals surface area contributed by atoms with Crippen molar-refractivity contribution >= 4 is 12.1 Å². The molecule has 284 valence electrons. The fraction of sp³-hybridized carbons (Fsp3) is 0.744. The van der Waals surface area contributed by atoms with E-state index in [0.29, 0.717) is 37.9 Å². The number of amides is 1. The lowest BCUT2D eigenvalue weighted by atomic mass is 9.91. The summed E-state index contributed by atoms with van der Waals surface area (Å²) in [6.07, 6.45) is 7.24. The van der Waals surface area contributed by atoms with Gasteiger partial charge in [-0.25, -0.2) is 4.79 Å². The number of piperazine rings is 1. The normalized spacial score (nSPS) is 30.6. The van der Waals surface area contributed by atoms with Gasteiger partial charge in [-0.1, -0.05) is 65.5 Å². The fourth-order valence-corrected chi connectivity index (χ4v) is 6.74. The number of esters is 1. The molecule has 0 saturated carbocycles. The molecule has 0 aliphatic carbocycles. The number of ether oxygens (including phenoxy) is 3. The van der Waals surface area contributed by atoms with Crippen LogP contribution < -0.4 is 0 Å². The third-order valence-corrected chi connectivity index (χ3v) is 10.5. The molecule has 11 heteroatoms. The number of carbonyl (C=O) groups is 2. The summed E-state index contributed by atoms with van der Waals surface area (Å²) in [5.74, 6) is -0.798. The number of nitrogens with zero attached hydrogens (tertiary/aromatic N) is 3. The first-order valence-electron chi connectivity index (χ1n) is 18.7. The summed E-state index contributed by atoms with van der Waals surface area (Å²) in [6.45, 7) is 24.7. The first kappa shape index (κ1) is 41.9. The third kappa shape index (κ3) is 13.2. The molecule has 50 heavy (non-hydrogen) atoms. The van der Waals surface area contributed by atoms with Crippen LogP contribution in [0.1, 0.15) is 80.6 Å². The molecule has 0 aromatic carbocycles. The molecule has 3 N–H and O–H groups in total. The van der Waals surface area contributed by atoms with E-state index in [2.05, 4.69) is 30.2 Å². The Labute approximate surface area is 300 Å². The first-order valence-corrected chi connectivity index (χ1v) is 18.7. The molecule has 9 unspecified atom stereocenters. The lowest BCUT2D eigenvalue weighted by molar-refractivity contribution is -0.151. The lowest BCUT2D eigenvalue weighted by Crippen LogP contribution is -2.50. The Balaban J connectivity index is 1.66. The standard InChI is InChI=1S/C39H65N3O8/c1-9-32(44)30(7)37-34(48-37)26-39(8,47)18-12-13-28(5)36-29(6)15-17-33(27(4)14-16-31(43)25-35(45)50-36)49-38(46)42-23-21-41(22-24-42)20-19-40(10-2)11-3/h12-13,15,17-18,29-34,36-37,43-44,47H,4,9-11,14,16,19-26H2,1-3,5-8H3/b17-15+,18-12+,28-13+. The zero-order valence-corrected chi connectivity index (χ0v) is 31.6. The second kappa shape index (κ2) is 19.9. The van der Waals surface area contributed by atoms with Crippen LogP contribution in [0, 0.1) is 11.8 Å². The smallest absolute Gasteiger partial charge is 0.410 e. The molecule has 11 nitrogen and oxygen atoms in total. The Kier molecular flexibility index (Phi) is 16.7. The molecule has 2 saturated heterocycles. The van der Waals surface area contributed by atoms with Gasteiger partial charge < -0.3 is 39.3 Å². The van der Waals surface area contributed by atoms with Gasteiger partial charge in [0.1, 0.15) is 12.2 Å². The van der Waals surface area contributed by atoms with E-state index in [1.54, 1.807) is 30.1 Å². The predicted octanol–water partition coefficient (Wildman–Crippen LogP) is 4.47. The van der Waals surface area contributed by atoms with Crippen molar-refractivity contribution in [1.82, 2.24) is 14.7 Å². The van der Waals surface area contributed by atoms with Crippen LogP contribution in [0.2, 0.25) is 0 Å². The van der Waals surface area contributed by atoms with E-state index in [0.717, 1.165) is 44.8 Å². The van der Waals surface area contributed by atoms with Gasteiger partial charge in [-0.15, -0.1) is 0 Å². The van der Waals surface area contributed by atoms with Gasteiger partial charge in [0, 0.05) is 57.5 Å². The van der Waals surface area contributed by atoms with Gasteiger partial charge in [-0.3, -0.25) is 9.69 Å². The van der Waals surface area contributed by atoms with Crippen molar-refractivity contribution in [3.8, 4) is 0 Å². The average molecular weight is 704 g/mol. The molecular weight excluding hydrogens is 638 g/mol. The van der Waals surface area contributed by atoms with Gasteiger partial charge in [-0.05, 0) is 63.4 Å². The number of epoxide rings is 1. The molecule has 0 bridgehead atoms. The first-order chi connectivity index (χ1) is 23.7. The Morgan fingerprint density at radius 2 is 1.88 bits per heavy atom. The summed E-state index contributed by atoms with van der Waals surface area (Å²) in [6, 6.07) is 0. The number of likely N-dealkylation sites (N-methyl/N-ethyl adjacent to an activating group) is 1. The molecule has 3 aliphatic heterocycles. The van der Waals surface area contributed by atoms with E-state index in [9.17, 15) is 24.9 Å². The van der Waals surface area contributed by atoms with Crippen LogP contribution in [0.25, 0.3) is 0 Å². The van der Waals surface area contributed by atoms with Gasteiger partial charge in [0.15, 0.2) is 0 Å². The summed E-state index contributed by atoms with van der Waals surface area (Å²) in [7, 11) is 0. The van der Waals surface area contributed by atoms with Crippen LogP contribution in [0.15, 0.2) is 48.1 Å². The minimum Gasteiger partial charge on any atom is -0.457 e. The monoisotopic (exact) mass is 703 g/mol. The van der Waals surface area contributed by atoms with Crippen molar-refractivity contribution in [2.24, 2.45) is 11.8 Å². The summed E-state index contributed by atoms with van der Waals surface area (Å²) in [5.41, 5.74) is 0.268. The molecule has 0 aromatic heterocycles. The molecule has 1 amide bonds. The number of hydrogen-bond acceptors (Lipinski definition) is 10. The van der Waals surface area contributed by atoms with E-state index >= 15 is 0 Å². The van der Waals surface area contributed by atoms with Crippen LogP contribution in [0.4, 0.5) is 4.79 Å². The van der Waals surface area contributed by atoms with Crippen LogP contribution >= 0.6 is 0 Å². The average Bonchev–Trinajstić information content (AvgIpc) is 3.84. The maximum atomic E-state index is 13.3. The number of cyclic esters (lactones) is 1. The zero-order chi connectivity index (χ0) is 37.0. The second-order valence-electron chi connectivity index (χ2n) is 14.7. The number of aliphatic hydroxyl groups excluding tert-OH is 2. The third-order valence-electron chi connectivity index (χ3n) is 10.5. The van der Waals surface area contributed by atoms with Crippen LogP contribution in [0.5, 0.6) is 0 Å². The number of rotatable bonds is 14. The number of hydrogen-bond donors (Lipinski definition) is 3. The molecule has 3 aliphatic rings. The molecule has 3 rings (SSSR count). The van der Waals surface area contributed by atoms with Crippen molar-refractivity contribution < 1.29 is 39.1 Å². The summed E-state index contributed by atoms with van der Waals surface area (Å²) < 4.78 is 17.7. The van der Waals surface area contributed by atoms with Crippen LogP contribution in [0.3, 0.4) is 0 Å². The molecule has 3 heterocycles. The summed E-state index contributed by atoms with van der Waals surface area (Å²) in [5, 5.41) is 31.8. The zero-order valence-electron chi connectivity index (χ0n) is 31.6. The van der Waals surface area contributed by atoms with Crippen molar-refractivity contribution in [3.05, 3.63) is 48.1 Å². The minimum atomic E-state index is -1.14. The lowest BCUT2D eigenvalue weighted by Gasteiger charge is -2.35. The number of carbonyl (C=O) groups excluding carboxylic acids is 2. The topological polar surface area (TPSA) is 136 Å². The SMILES string of the molecule is C=C1CCC(O)CC(=O)OC(/C(C)=C/C=C/C(C)(O)CC2OC2C(C)C(O)CC)C(C)/C=C/C1OC(=O)N1CCN(CCN(CC)CC)CC1. The second-order valence-corrected chi connectivity index (χ2v) is 14.7. The molecular formula is C39H65N3O8. The van der Waals surface area contributed by atoms with Gasteiger partial charge in [0.2, 0.25) is 0 Å². The van der Waals surface area contributed by atoms with Crippen molar-refractivity contribution in [2.45, 2.75) is 123 Å². The Morgan fingerprint density at radius 1 is 1.20 bits per heavy atom. The maximum absolute atomic E-state index is 13.3. The van der Waals surface area contributed by atoms with Gasteiger partial charge in [-0.2, -0.15) is 0 Å². The Hall–Kier alpha value is -2.54. The number of allylic oxidation sites excluding steroid dienone is 2. The van der Waals surface area contributed by atoms with Crippen molar-refractivity contribution in [2.75, 3.05) is 52.4 Å². The van der Waals surface area contributed by atoms with Crippen LogP contribution in [-0.2, 0) is 19.0 Å². The summed E-state index contributed by atoms with van der Waals surface area (Å²) in [4.78, 5) is 32.7. The van der Waals surface area contributed by atoms with Crippen LogP contribution in [-0.4, -0.2) is 137 Å². The van der Waals surface area contributed by atoms with E-state index in [1.165, 1.54) is 0 Å². The molecule has 2 fully saturated rings. The predicted molar refractivity (Wildman–Crippen MR) is 196 cm³/mol. The molecule has 0 radical (unpaired) electrons. The largest absolute Gasteiger partial charge is 0.457 e. The summed E-state index contributed by atoms with van der Waals surface area (Å²) >= 11 is 0. The van der Waals surface area contributed by atoms with Crippen molar-refractivity contribution in [1.29, 1.82) is 0 Å². The minimum absolute atomic E-state index is 0.000558. The maximum Gasteiger partial charge on any atom is 0.410 e. The van der Waals surface area contributed by atoms with Crippen molar-refractivity contribution in [3.63, 3.8) is 0 Å². The van der Waals surface area contributed by atoms with Gasteiger partial charge in [0.25, 0.3) is 0 Å². The highest BCUT2D eigenvalue weighted by atomic mass is 16.6. The van der Waals surface area contributed by atoms with Gasteiger partial charge >= 0.3 is 12.1 Å². The van der Waals surface area contributed by atoms with Gasteiger partial charge in [0.05, 0.1) is 36.4 Å². The highest BCUT2D eigenvalue weighted by Gasteiger charge is 2.47. The molecule has 9 atom stereocenters. The fourth-order valence-electron chi connectivity index (χ4n) is 6.74. The highest BCUT2D eigenvalue weighted by molar-refractivity contribution is 5.70. The van der Waals surface area contributed by atoms with E-state index in [-0.39, 0.29) is 43.0 Å².